The Morgan fingerprint density at radius 3 is 2.34 bits per heavy atom. The van der Waals surface area contributed by atoms with Crippen molar-refractivity contribution in [1.29, 1.82) is 0 Å². The molecule has 0 saturated heterocycles. The number of alkyl halides is 5. The predicted octanol–water partition coefficient (Wildman–Crippen LogP) is 4.98. The number of nitrogens with zero attached hydrogens (tertiary/aromatic N) is 3. The van der Waals surface area contributed by atoms with Crippen molar-refractivity contribution in [3.63, 3.8) is 0 Å². The molecule has 3 aromatic rings. The zero-order valence-electron chi connectivity index (χ0n) is 20.4. The van der Waals surface area contributed by atoms with Crippen LogP contribution in [0, 0.1) is 5.82 Å². The SMILES string of the molecule is C[C@@H](Nc1nn(C)c(=O)c2c(OC3CC(F)C3)c(=O)n(C3(C(F)F)CC3)cc12)c1cccc(C(F)F)c1F. The highest BCUT2D eigenvalue weighted by molar-refractivity contribution is 5.94. The Labute approximate surface area is 212 Å². The number of anilines is 1. The first-order valence-electron chi connectivity index (χ1n) is 12.0. The summed E-state index contributed by atoms with van der Waals surface area (Å²) in [6.45, 7) is 1.47. The first-order chi connectivity index (χ1) is 17.9. The van der Waals surface area contributed by atoms with Gasteiger partial charge in [-0.05, 0) is 19.8 Å². The van der Waals surface area contributed by atoms with Crippen LogP contribution in [0.15, 0.2) is 34.0 Å². The largest absolute Gasteiger partial charge is 0.484 e. The van der Waals surface area contributed by atoms with E-state index in [9.17, 15) is 35.9 Å². The van der Waals surface area contributed by atoms with Crippen molar-refractivity contribution in [2.75, 3.05) is 5.32 Å². The van der Waals surface area contributed by atoms with Crippen LogP contribution >= 0.6 is 0 Å². The Kier molecular flexibility index (Phi) is 6.42. The molecule has 2 aliphatic rings. The Morgan fingerprint density at radius 1 is 1.11 bits per heavy atom. The lowest BCUT2D eigenvalue weighted by Crippen LogP contribution is -2.41. The maximum Gasteiger partial charge on any atom is 0.294 e. The average Bonchev–Trinajstić information content (AvgIpc) is 3.64. The number of pyridine rings is 1. The molecule has 0 amide bonds. The van der Waals surface area contributed by atoms with Crippen LogP contribution in [0.3, 0.4) is 0 Å². The van der Waals surface area contributed by atoms with Gasteiger partial charge < -0.3 is 10.1 Å². The van der Waals surface area contributed by atoms with Crippen LogP contribution in [0.5, 0.6) is 5.75 Å². The molecule has 0 aliphatic heterocycles. The van der Waals surface area contributed by atoms with E-state index in [2.05, 4.69) is 10.4 Å². The third-order valence-corrected chi connectivity index (χ3v) is 7.26. The van der Waals surface area contributed by atoms with Crippen molar-refractivity contribution in [2.45, 2.75) is 69.3 Å². The monoisotopic (exact) mass is 542 g/mol. The van der Waals surface area contributed by atoms with E-state index in [1.807, 2.05) is 0 Å². The first-order valence-corrected chi connectivity index (χ1v) is 12.0. The zero-order valence-corrected chi connectivity index (χ0v) is 20.4. The molecule has 13 heteroatoms. The van der Waals surface area contributed by atoms with Crippen molar-refractivity contribution in [1.82, 2.24) is 14.3 Å². The van der Waals surface area contributed by atoms with E-state index in [1.165, 1.54) is 26.1 Å². The highest BCUT2D eigenvalue weighted by atomic mass is 19.3. The molecular formula is C25H24F6N4O3. The van der Waals surface area contributed by atoms with Gasteiger partial charge in [-0.25, -0.2) is 31.0 Å². The van der Waals surface area contributed by atoms with E-state index in [0.29, 0.717) is 0 Å². The summed E-state index contributed by atoms with van der Waals surface area (Å²) in [6, 6.07) is 2.56. The Hall–Kier alpha value is -3.51. The van der Waals surface area contributed by atoms with Crippen molar-refractivity contribution in [2.24, 2.45) is 7.05 Å². The van der Waals surface area contributed by atoms with E-state index >= 15 is 0 Å². The number of rotatable bonds is 8. The number of halogens is 6. The lowest BCUT2D eigenvalue weighted by atomic mass is 9.93. The summed E-state index contributed by atoms with van der Waals surface area (Å²) < 4.78 is 90.3. The lowest BCUT2D eigenvalue weighted by molar-refractivity contribution is 0.0384. The maximum absolute atomic E-state index is 14.8. The molecule has 204 valence electrons. The van der Waals surface area contributed by atoms with Crippen molar-refractivity contribution >= 4 is 16.6 Å². The minimum absolute atomic E-state index is 0.00850. The Morgan fingerprint density at radius 2 is 1.76 bits per heavy atom. The lowest BCUT2D eigenvalue weighted by Gasteiger charge is -2.31. The van der Waals surface area contributed by atoms with Gasteiger partial charge in [0.1, 0.15) is 29.0 Å². The fourth-order valence-electron chi connectivity index (χ4n) is 4.75. The van der Waals surface area contributed by atoms with E-state index in [0.717, 1.165) is 21.5 Å². The third kappa shape index (κ3) is 4.21. The zero-order chi connectivity index (χ0) is 27.5. The number of fused-ring (bicyclic) bond motifs is 1. The second-order valence-corrected chi connectivity index (χ2v) is 9.83. The summed E-state index contributed by atoms with van der Waals surface area (Å²) in [7, 11) is 1.29. The van der Waals surface area contributed by atoms with Gasteiger partial charge in [-0.15, -0.1) is 0 Å². The fraction of sp³-hybridized carbons (Fsp3) is 0.480. The summed E-state index contributed by atoms with van der Waals surface area (Å²) in [5.41, 5.74) is -4.42. The molecular weight excluding hydrogens is 518 g/mol. The highest BCUT2D eigenvalue weighted by Gasteiger charge is 2.54. The first kappa shape index (κ1) is 26.1. The summed E-state index contributed by atoms with van der Waals surface area (Å²) in [5.74, 6) is -1.70. The van der Waals surface area contributed by atoms with Crippen LogP contribution in [-0.2, 0) is 12.6 Å². The number of nitrogens with one attached hydrogen (secondary N) is 1. The molecule has 1 aromatic carbocycles. The molecule has 5 rings (SSSR count). The number of aromatic nitrogens is 3. The number of benzene rings is 1. The van der Waals surface area contributed by atoms with Gasteiger partial charge in [0.05, 0.1) is 17.0 Å². The van der Waals surface area contributed by atoms with Crippen LogP contribution < -0.4 is 21.2 Å². The summed E-state index contributed by atoms with van der Waals surface area (Å²) in [5, 5.41) is 6.70. The molecule has 2 saturated carbocycles. The van der Waals surface area contributed by atoms with E-state index in [-0.39, 0.29) is 47.8 Å². The normalized spacial score (nSPS) is 21.0. The predicted molar refractivity (Wildman–Crippen MR) is 126 cm³/mol. The molecule has 0 radical (unpaired) electrons. The summed E-state index contributed by atoms with van der Waals surface area (Å²) in [6.07, 6.45) is -6.75. The van der Waals surface area contributed by atoms with Crippen LogP contribution in [0.4, 0.5) is 32.2 Å². The summed E-state index contributed by atoms with van der Waals surface area (Å²) >= 11 is 0. The number of hydrogen-bond acceptors (Lipinski definition) is 5. The number of aryl methyl sites for hydroxylation is 1. The van der Waals surface area contributed by atoms with Crippen molar-refractivity contribution < 1.29 is 31.1 Å². The molecule has 2 aromatic heterocycles. The van der Waals surface area contributed by atoms with Gasteiger partial charge in [-0.2, -0.15) is 5.10 Å². The van der Waals surface area contributed by atoms with E-state index in [4.69, 9.17) is 4.74 Å². The quantitative estimate of drug-likeness (QED) is 0.407. The van der Waals surface area contributed by atoms with Gasteiger partial charge in [0.2, 0.25) is 0 Å². The van der Waals surface area contributed by atoms with Crippen molar-refractivity contribution in [3.8, 4) is 5.75 Å². The standard InChI is InChI=1S/C25H24F6N4O3/c1-11(14-4-3-5-15(18(14)27)20(28)29)32-21-16-10-35(25(6-7-25)24(30)31)23(37)19(38-13-8-12(26)9-13)17(16)22(36)34(2)33-21/h3-5,10-13,20,24H,6-9H2,1-2H3,(H,32,33)/t11-,12?,13?/m1/s1. The molecule has 1 N–H and O–H groups in total. The molecule has 0 bridgehead atoms. The smallest absolute Gasteiger partial charge is 0.294 e. The molecule has 2 fully saturated rings. The third-order valence-electron chi connectivity index (χ3n) is 7.26. The van der Waals surface area contributed by atoms with Gasteiger partial charge in [0.15, 0.2) is 11.6 Å². The molecule has 2 heterocycles. The van der Waals surface area contributed by atoms with Crippen LogP contribution in [0.25, 0.3) is 10.8 Å². The topological polar surface area (TPSA) is 78.2 Å². The number of ether oxygens (including phenoxy) is 1. The molecule has 1 atom stereocenters. The van der Waals surface area contributed by atoms with Crippen LogP contribution in [0.2, 0.25) is 0 Å². The van der Waals surface area contributed by atoms with Gasteiger partial charge in [0.25, 0.3) is 24.0 Å². The second-order valence-electron chi connectivity index (χ2n) is 9.83. The van der Waals surface area contributed by atoms with Gasteiger partial charge in [-0.3, -0.25) is 14.2 Å². The van der Waals surface area contributed by atoms with Gasteiger partial charge >= 0.3 is 0 Å². The molecule has 0 spiro atoms. The van der Waals surface area contributed by atoms with Gasteiger partial charge in [0, 0.05) is 31.6 Å². The fourth-order valence-corrected chi connectivity index (χ4v) is 4.75. The molecule has 7 nitrogen and oxygen atoms in total. The minimum Gasteiger partial charge on any atom is -0.484 e. The second kappa shape index (κ2) is 9.35. The van der Waals surface area contributed by atoms with E-state index in [1.54, 1.807) is 0 Å². The highest BCUT2D eigenvalue weighted by Crippen LogP contribution is 2.48. The summed E-state index contributed by atoms with van der Waals surface area (Å²) in [4.78, 5) is 26.5. The molecule has 2 aliphatic carbocycles. The average molecular weight is 542 g/mol. The van der Waals surface area contributed by atoms with Gasteiger partial charge in [-0.1, -0.05) is 18.2 Å². The number of hydrogen-bond donors (Lipinski definition) is 1. The van der Waals surface area contributed by atoms with Crippen molar-refractivity contribution in [3.05, 3.63) is 62.0 Å². The Bertz CT molecular complexity index is 1510. The van der Waals surface area contributed by atoms with Crippen LogP contribution in [0.1, 0.15) is 56.2 Å². The molecule has 38 heavy (non-hydrogen) atoms. The Balaban J connectivity index is 1.69. The van der Waals surface area contributed by atoms with Crippen LogP contribution in [-0.4, -0.2) is 33.0 Å². The molecule has 0 unspecified atom stereocenters. The maximum atomic E-state index is 14.8. The van der Waals surface area contributed by atoms with E-state index < -0.39 is 65.0 Å². The minimum atomic E-state index is -3.05.